The molecule has 0 atom stereocenters. The standard InChI is InChI=1S/C20H24N4O2S/c1-2-15-6-3-4-8-17(15)22-18(25)14-23-10-12-24(13-11-23)20(26)16-7-5-9-21-19(16)27/h3-9H,2,10-14H2,1H3,(H,21,27)(H,22,25). The maximum Gasteiger partial charge on any atom is 0.256 e. The van der Waals surface area contributed by atoms with Crippen LogP contribution in [0.2, 0.25) is 0 Å². The molecular weight excluding hydrogens is 360 g/mol. The highest BCUT2D eigenvalue weighted by atomic mass is 32.1. The van der Waals surface area contributed by atoms with Crippen molar-refractivity contribution in [2.75, 3.05) is 38.0 Å². The number of hydrogen-bond donors (Lipinski definition) is 2. The lowest BCUT2D eigenvalue weighted by Crippen LogP contribution is -2.50. The number of benzene rings is 1. The molecule has 0 aliphatic carbocycles. The Balaban J connectivity index is 1.52. The van der Waals surface area contributed by atoms with E-state index in [4.69, 9.17) is 12.2 Å². The zero-order valence-corrected chi connectivity index (χ0v) is 16.2. The highest BCUT2D eigenvalue weighted by Gasteiger charge is 2.24. The Morgan fingerprint density at radius 1 is 1.11 bits per heavy atom. The van der Waals surface area contributed by atoms with Crippen molar-refractivity contribution >= 4 is 29.7 Å². The van der Waals surface area contributed by atoms with Gasteiger partial charge in [0, 0.05) is 38.1 Å². The van der Waals surface area contributed by atoms with Crippen molar-refractivity contribution in [1.82, 2.24) is 14.8 Å². The average Bonchev–Trinajstić information content (AvgIpc) is 2.69. The minimum absolute atomic E-state index is 0.0267. The van der Waals surface area contributed by atoms with E-state index in [0.717, 1.165) is 17.7 Å². The van der Waals surface area contributed by atoms with Gasteiger partial charge in [-0.15, -0.1) is 0 Å². The molecule has 0 radical (unpaired) electrons. The van der Waals surface area contributed by atoms with Crippen LogP contribution in [-0.4, -0.2) is 59.3 Å². The molecule has 0 unspecified atom stereocenters. The van der Waals surface area contributed by atoms with Crippen molar-refractivity contribution in [2.45, 2.75) is 13.3 Å². The first-order chi connectivity index (χ1) is 13.1. The molecule has 142 valence electrons. The van der Waals surface area contributed by atoms with E-state index in [1.165, 1.54) is 0 Å². The Kier molecular flexibility index (Phi) is 6.36. The number of carbonyl (C=O) groups is 2. The normalized spacial score (nSPS) is 14.8. The molecule has 3 rings (SSSR count). The second kappa shape index (κ2) is 8.92. The fourth-order valence-electron chi connectivity index (χ4n) is 3.21. The lowest BCUT2D eigenvalue weighted by Gasteiger charge is -2.34. The smallest absolute Gasteiger partial charge is 0.256 e. The highest BCUT2D eigenvalue weighted by molar-refractivity contribution is 7.71. The van der Waals surface area contributed by atoms with Gasteiger partial charge in [-0.1, -0.05) is 37.3 Å². The average molecular weight is 385 g/mol. The summed E-state index contributed by atoms with van der Waals surface area (Å²) in [4.78, 5) is 31.7. The molecule has 0 spiro atoms. The third kappa shape index (κ3) is 4.81. The number of anilines is 1. The Bertz CT molecular complexity index is 872. The molecule has 2 aromatic rings. The predicted molar refractivity (Wildman–Crippen MR) is 108 cm³/mol. The molecule has 27 heavy (non-hydrogen) atoms. The third-order valence-electron chi connectivity index (χ3n) is 4.75. The van der Waals surface area contributed by atoms with Crippen molar-refractivity contribution < 1.29 is 9.59 Å². The van der Waals surface area contributed by atoms with E-state index in [1.807, 2.05) is 24.3 Å². The lowest BCUT2D eigenvalue weighted by atomic mass is 10.1. The highest BCUT2D eigenvalue weighted by Crippen LogP contribution is 2.15. The van der Waals surface area contributed by atoms with Gasteiger partial charge >= 0.3 is 0 Å². The number of carbonyl (C=O) groups excluding carboxylic acids is 2. The van der Waals surface area contributed by atoms with Crippen molar-refractivity contribution in [3.8, 4) is 0 Å². The Hall–Kier alpha value is -2.51. The molecule has 7 heteroatoms. The van der Waals surface area contributed by atoms with Crippen LogP contribution in [0.4, 0.5) is 5.69 Å². The summed E-state index contributed by atoms with van der Waals surface area (Å²) in [5, 5.41) is 3.00. The summed E-state index contributed by atoms with van der Waals surface area (Å²) in [7, 11) is 0. The molecular formula is C20H24N4O2S. The van der Waals surface area contributed by atoms with Gasteiger partial charge in [0.25, 0.3) is 5.91 Å². The minimum Gasteiger partial charge on any atom is -0.352 e. The third-order valence-corrected chi connectivity index (χ3v) is 5.09. The molecule has 2 amide bonds. The van der Waals surface area contributed by atoms with Crippen molar-refractivity contribution in [2.24, 2.45) is 0 Å². The quantitative estimate of drug-likeness (QED) is 0.778. The summed E-state index contributed by atoms with van der Waals surface area (Å²) in [6, 6.07) is 11.4. The van der Waals surface area contributed by atoms with Crippen LogP contribution < -0.4 is 5.32 Å². The number of para-hydroxylation sites is 1. The number of H-pyrrole nitrogens is 1. The molecule has 1 aliphatic heterocycles. The summed E-state index contributed by atoms with van der Waals surface area (Å²) in [5.74, 6) is -0.0843. The molecule has 0 saturated carbocycles. The molecule has 1 aromatic carbocycles. The number of nitrogens with zero attached hydrogens (tertiary/aromatic N) is 2. The summed E-state index contributed by atoms with van der Waals surface area (Å²) < 4.78 is 0.457. The largest absolute Gasteiger partial charge is 0.352 e. The number of piperazine rings is 1. The second-order valence-corrected chi connectivity index (χ2v) is 6.95. The van der Waals surface area contributed by atoms with E-state index in [-0.39, 0.29) is 11.8 Å². The van der Waals surface area contributed by atoms with Crippen LogP contribution in [0.25, 0.3) is 0 Å². The lowest BCUT2D eigenvalue weighted by molar-refractivity contribution is -0.117. The van der Waals surface area contributed by atoms with Crippen molar-refractivity contribution in [3.05, 3.63) is 58.4 Å². The zero-order chi connectivity index (χ0) is 19.2. The number of aryl methyl sites for hydroxylation is 1. The van der Waals surface area contributed by atoms with E-state index in [2.05, 4.69) is 22.1 Å². The molecule has 6 nitrogen and oxygen atoms in total. The van der Waals surface area contributed by atoms with Gasteiger partial charge in [0.2, 0.25) is 5.91 Å². The van der Waals surface area contributed by atoms with Crippen LogP contribution in [0.3, 0.4) is 0 Å². The van der Waals surface area contributed by atoms with Crippen LogP contribution in [0.15, 0.2) is 42.6 Å². The summed E-state index contributed by atoms with van der Waals surface area (Å²) in [5.41, 5.74) is 2.52. The molecule has 2 heterocycles. The van der Waals surface area contributed by atoms with E-state index in [1.54, 1.807) is 23.2 Å². The number of aromatic nitrogens is 1. The van der Waals surface area contributed by atoms with Crippen LogP contribution >= 0.6 is 12.2 Å². The van der Waals surface area contributed by atoms with Gasteiger partial charge in [0.15, 0.2) is 0 Å². The Morgan fingerprint density at radius 2 is 1.85 bits per heavy atom. The maximum absolute atomic E-state index is 12.6. The first-order valence-corrected chi connectivity index (χ1v) is 9.56. The summed E-state index contributed by atoms with van der Waals surface area (Å²) in [6.07, 6.45) is 2.59. The van der Waals surface area contributed by atoms with E-state index in [9.17, 15) is 9.59 Å². The van der Waals surface area contributed by atoms with Gasteiger partial charge in [-0.25, -0.2) is 0 Å². The number of hydrogen-bond acceptors (Lipinski definition) is 4. The molecule has 1 saturated heterocycles. The zero-order valence-electron chi connectivity index (χ0n) is 15.4. The first-order valence-electron chi connectivity index (χ1n) is 9.15. The fraction of sp³-hybridized carbons (Fsp3) is 0.350. The summed E-state index contributed by atoms with van der Waals surface area (Å²) in [6.45, 7) is 4.89. The number of nitrogens with one attached hydrogen (secondary N) is 2. The topological polar surface area (TPSA) is 68.4 Å². The predicted octanol–water partition coefficient (Wildman–Crippen LogP) is 2.70. The van der Waals surface area contributed by atoms with Gasteiger partial charge < -0.3 is 15.2 Å². The van der Waals surface area contributed by atoms with Crippen LogP contribution in [0.5, 0.6) is 0 Å². The molecule has 2 N–H and O–H groups in total. The van der Waals surface area contributed by atoms with Crippen LogP contribution in [-0.2, 0) is 11.2 Å². The van der Waals surface area contributed by atoms with E-state index >= 15 is 0 Å². The number of pyridine rings is 1. The number of rotatable bonds is 5. The molecule has 1 aromatic heterocycles. The summed E-state index contributed by atoms with van der Waals surface area (Å²) >= 11 is 5.19. The van der Waals surface area contributed by atoms with Gasteiger partial charge in [-0.05, 0) is 30.2 Å². The Labute approximate surface area is 164 Å². The van der Waals surface area contributed by atoms with Crippen molar-refractivity contribution in [1.29, 1.82) is 0 Å². The van der Waals surface area contributed by atoms with Gasteiger partial charge in [-0.2, -0.15) is 0 Å². The second-order valence-electron chi connectivity index (χ2n) is 6.54. The fourth-order valence-corrected chi connectivity index (χ4v) is 3.44. The SMILES string of the molecule is CCc1ccccc1NC(=O)CN1CCN(C(=O)c2ccc[nH]c2=S)CC1. The van der Waals surface area contributed by atoms with Gasteiger partial charge in [0.05, 0.1) is 12.1 Å². The van der Waals surface area contributed by atoms with Crippen LogP contribution in [0.1, 0.15) is 22.8 Å². The monoisotopic (exact) mass is 384 g/mol. The number of aromatic amines is 1. The van der Waals surface area contributed by atoms with Crippen LogP contribution in [0, 0.1) is 4.64 Å². The Morgan fingerprint density at radius 3 is 2.56 bits per heavy atom. The first kappa shape index (κ1) is 19.3. The minimum atomic E-state index is -0.0576. The van der Waals surface area contributed by atoms with E-state index in [0.29, 0.717) is 42.9 Å². The van der Waals surface area contributed by atoms with E-state index < -0.39 is 0 Å². The van der Waals surface area contributed by atoms with Gasteiger partial charge in [-0.3, -0.25) is 14.5 Å². The number of amides is 2. The van der Waals surface area contributed by atoms with Crippen molar-refractivity contribution in [3.63, 3.8) is 0 Å². The molecule has 1 aliphatic rings. The molecule has 0 bridgehead atoms. The molecule has 1 fully saturated rings. The maximum atomic E-state index is 12.6. The van der Waals surface area contributed by atoms with Gasteiger partial charge in [0.1, 0.15) is 4.64 Å².